The zero-order valence-corrected chi connectivity index (χ0v) is 8.09. The van der Waals surface area contributed by atoms with Crippen LogP contribution >= 0.6 is 0 Å². The minimum Gasteiger partial charge on any atom is -0.542 e. The number of carbonyl (C=O) groups excluding carboxylic acids is 2. The van der Waals surface area contributed by atoms with Gasteiger partial charge in [-0.3, -0.25) is 11.1 Å². The van der Waals surface area contributed by atoms with E-state index in [1.807, 2.05) is 0 Å². The van der Waals surface area contributed by atoms with E-state index in [1.54, 1.807) is 13.3 Å². The Hall–Kier alpha value is -0.394. The van der Waals surface area contributed by atoms with Crippen molar-refractivity contribution in [3.05, 3.63) is 0 Å². The van der Waals surface area contributed by atoms with Gasteiger partial charge < -0.3 is 14.8 Å². The Morgan fingerprint density at radius 3 is 2.58 bits per heavy atom. The molecule has 0 aliphatic heterocycles. The van der Waals surface area contributed by atoms with Gasteiger partial charge in [0.15, 0.2) is 0 Å². The number of carbonyl (C=O) groups is 1. The molecule has 0 aromatic heterocycles. The van der Waals surface area contributed by atoms with Crippen molar-refractivity contribution in [2.24, 2.45) is 0 Å². The number of esters is 1. The van der Waals surface area contributed by atoms with Crippen LogP contribution in [0.2, 0.25) is 0 Å². The molecule has 0 aliphatic carbocycles. The van der Waals surface area contributed by atoms with Crippen LogP contribution in [0.3, 0.4) is 0 Å². The van der Waals surface area contributed by atoms with E-state index < -0.39 is 0 Å². The van der Waals surface area contributed by atoms with E-state index in [9.17, 15) is 9.59 Å². The van der Waals surface area contributed by atoms with Crippen molar-refractivity contribution < 1.29 is 31.1 Å². The Morgan fingerprint density at radius 2 is 2.25 bits per heavy atom. The molecule has 0 rings (SSSR count). The summed E-state index contributed by atoms with van der Waals surface area (Å²) < 4.78 is 4.47. The van der Waals surface area contributed by atoms with Crippen molar-refractivity contribution in [3.63, 3.8) is 0 Å². The Morgan fingerprint density at radius 1 is 1.67 bits per heavy atom. The zero-order valence-electron chi connectivity index (χ0n) is 7.05. The Balaban J connectivity index is 0. The molecule has 0 heterocycles. The van der Waals surface area contributed by atoms with E-state index in [0.29, 0.717) is 6.42 Å². The molecule has 0 amide bonds. The van der Waals surface area contributed by atoms with Crippen molar-refractivity contribution in [1.29, 1.82) is 0 Å². The molecule has 0 aromatic rings. The van der Waals surface area contributed by atoms with E-state index >= 15 is 0 Å². The quantitative estimate of drug-likeness (QED) is 0.504. The number of hydrogen-bond acceptors (Lipinski definition) is 4. The maximum Gasteiger partial charge on any atom is 2.00 e. The van der Waals surface area contributed by atoms with Gasteiger partial charge in [-0.05, 0) is 7.05 Å². The summed E-state index contributed by atoms with van der Waals surface area (Å²) in [4.78, 5) is 20.7. The smallest absolute Gasteiger partial charge is 0.542 e. The zero-order chi connectivity index (χ0) is 8.69. The van der Waals surface area contributed by atoms with Gasteiger partial charge in [-0.25, -0.2) is 0 Å². The van der Waals surface area contributed by atoms with Gasteiger partial charge in [-0.15, -0.1) is 0 Å². The van der Waals surface area contributed by atoms with Crippen LogP contribution in [0.25, 0.3) is 0 Å². The van der Waals surface area contributed by atoms with Gasteiger partial charge in [-0.2, -0.15) is 6.42 Å². The predicted molar refractivity (Wildman–Crippen MR) is 39.8 cm³/mol. The third-order valence-electron chi connectivity index (χ3n) is 1.37. The minimum absolute atomic E-state index is 0. The van der Waals surface area contributed by atoms with Gasteiger partial charge in [0.1, 0.15) is 6.04 Å². The fourth-order valence-electron chi connectivity index (χ4n) is 0.726. The molecule has 0 saturated heterocycles. The maximum absolute atomic E-state index is 10.8. The maximum atomic E-state index is 10.8. The first-order valence-corrected chi connectivity index (χ1v) is 3.36. The number of methoxy groups -OCH3 is 1. The Kier molecular flexibility index (Phi) is 10.3. The number of likely N-dealkylation sites (N-methyl/N-ethyl adjacent to an activating group) is 1. The average Bonchev–Trinajstić information content (AvgIpc) is 2.05. The molecular formula is C7H12CoNO3+. The van der Waals surface area contributed by atoms with E-state index in [4.69, 9.17) is 0 Å². The summed E-state index contributed by atoms with van der Waals surface area (Å²) in [6.07, 6.45) is 2.40. The molecule has 0 spiro atoms. The number of hydrogen-bond donors (Lipinski definition) is 1. The van der Waals surface area contributed by atoms with Crippen molar-refractivity contribution in [1.82, 2.24) is 5.32 Å². The summed E-state index contributed by atoms with van der Waals surface area (Å²) in [5.74, 6) is -0.345. The molecule has 1 radical (unpaired) electrons. The molecule has 0 aliphatic rings. The molecule has 0 fully saturated rings. The summed E-state index contributed by atoms with van der Waals surface area (Å²) in [7, 11) is 2.96. The summed E-state index contributed by atoms with van der Waals surface area (Å²) >= 11 is 0. The summed E-state index contributed by atoms with van der Waals surface area (Å²) in [5, 5.41) is 2.73. The van der Waals surface area contributed by atoms with Crippen molar-refractivity contribution in [3.8, 4) is 0 Å². The third-order valence-corrected chi connectivity index (χ3v) is 1.37. The molecule has 0 saturated carbocycles. The summed E-state index contributed by atoms with van der Waals surface area (Å²) in [6, 6.07) is -0.388. The van der Waals surface area contributed by atoms with Crippen molar-refractivity contribution in [2.75, 3.05) is 14.2 Å². The van der Waals surface area contributed by atoms with Crippen LogP contribution in [-0.4, -0.2) is 32.5 Å². The molecule has 1 unspecified atom stereocenters. The van der Waals surface area contributed by atoms with Gasteiger partial charge in [0.25, 0.3) is 0 Å². The van der Waals surface area contributed by atoms with Crippen LogP contribution in [0.1, 0.15) is 12.8 Å². The first-order valence-electron chi connectivity index (χ1n) is 3.36. The average molecular weight is 217 g/mol. The van der Waals surface area contributed by atoms with E-state index in [1.165, 1.54) is 7.11 Å². The third kappa shape index (κ3) is 5.28. The fraction of sp³-hybridized carbons (Fsp3) is 0.714. The number of nitrogens with one attached hydrogen (secondary N) is 1. The standard InChI is InChI=1S/C7H12NO3.Co/c1-8-6(4-3-5-9)7(10)11-2;/h6,8H,3-4H2,1-2H3;/q-1;+2. The van der Waals surface area contributed by atoms with Gasteiger partial charge in [0.2, 0.25) is 0 Å². The summed E-state index contributed by atoms with van der Waals surface area (Å²) in [6.45, 7) is 0. The second-order valence-electron chi connectivity index (χ2n) is 2.05. The molecule has 5 heteroatoms. The Bertz CT molecular complexity index is 141. The van der Waals surface area contributed by atoms with Crippen LogP contribution in [0.15, 0.2) is 0 Å². The molecule has 12 heavy (non-hydrogen) atoms. The first kappa shape index (κ1) is 14.1. The molecule has 0 bridgehead atoms. The van der Waals surface area contributed by atoms with Gasteiger partial charge in [0.05, 0.1) is 7.11 Å². The van der Waals surface area contributed by atoms with E-state index in [0.717, 1.165) is 0 Å². The largest absolute Gasteiger partial charge is 2.00 e. The SMILES string of the molecule is CNC(CC[C-]=O)C(=O)OC.[Co+2]. The van der Waals surface area contributed by atoms with Gasteiger partial charge >= 0.3 is 22.7 Å². The van der Waals surface area contributed by atoms with E-state index in [2.05, 4.69) is 10.1 Å². The fourth-order valence-corrected chi connectivity index (χ4v) is 0.726. The number of ether oxygens (including phenoxy) is 1. The van der Waals surface area contributed by atoms with Crippen LogP contribution in [-0.2, 0) is 31.1 Å². The predicted octanol–water partition coefficient (Wildman–Crippen LogP) is -0.365. The number of rotatable bonds is 5. The first-order chi connectivity index (χ1) is 5.26. The molecule has 1 N–H and O–H groups in total. The molecule has 1 atom stereocenters. The van der Waals surface area contributed by atoms with Crippen molar-refractivity contribution >= 4 is 12.3 Å². The molecule has 0 aromatic carbocycles. The molecular weight excluding hydrogens is 205 g/mol. The minimum atomic E-state index is -0.388. The van der Waals surface area contributed by atoms with E-state index in [-0.39, 0.29) is 35.2 Å². The van der Waals surface area contributed by atoms with Crippen molar-refractivity contribution in [2.45, 2.75) is 18.9 Å². The van der Waals surface area contributed by atoms with Gasteiger partial charge in [-0.1, -0.05) is 6.42 Å². The normalized spacial score (nSPS) is 11.2. The molecule has 71 valence electrons. The Labute approximate surface area is 82.2 Å². The molecule has 4 nitrogen and oxygen atoms in total. The van der Waals surface area contributed by atoms with Crippen LogP contribution < -0.4 is 5.32 Å². The second-order valence-corrected chi connectivity index (χ2v) is 2.05. The van der Waals surface area contributed by atoms with Crippen LogP contribution in [0.4, 0.5) is 0 Å². The summed E-state index contributed by atoms with van der Waals surface area (Å²) in [5.41, 5.74) is 0. The van der Waals surface area contributed by atoms with Crippen LogP contribution in [0.5, 0.6) is 0 Å². The monoisotopic (exact) mass is 217 g/mol. The topological polar surface area (TPSA) is 55.4 Å². The van der Waals surface area contributed by atoms with Gasteiger partial charge in [0, 0.05) is 0 Å². The second kappa shape index (κ2) is 8.70. The van der Waals surface area contributed by atoms with Crippen LogP contribution in [0, 0.1) is 0 Å².